The Morgan fingerprint density at radius 2 is 1.70 bits per heavy atom. The predicted molar refractivity (Wildman–Crippen MR) is 116 cm³/mol. The number of hydrogen-bond donors (Lipinski definition) is 1. The molecule has 2 fully saturated rings. The number of hydrogen-bond acceptors (Lipinski definition) is 5. The van der Waals surface area contributed by atoms with Gasteiger partial charge in [-0.15, -0.1) is 24.0 Å². The van der Waals surface area contributed by atoms with Crippen LogP contribution in [-0.2, 0) is 14.8 Å². The normalized spacial score (nSPS) is 22.5. The summed E-state index contributed by atoms with van der Waals surface area (Å²) in [5.74, 6) is 0.397. The number of ether oxygens (including phenoxy) is 1. The van der Waals surface area contributed by atoms with Gasteiger partial charge in [-0.05, 0) is 33.6 Å². The van der Waals surface area contributed by atoms with Gasteiger partial charge in [-0.3, -0.25) is 4.99 Å². The number of guanidine groups is 1. The van der Waals surface area contributed by atoms with Crippen LogP contribution in [0.5, 0.6) is 0 Å². The molecule has 2 heterocycles. The maximum absolute atomic E-state index is 12.1. The van der Waals surface area contributed by atoms with E-state index in [2.05, 4.69) is 4.99 Å². The molecule has 1 atom stereocenters. The second-order valence-electron chi connectivity index (χ2n) is 7.82. The van der Waals surface area contributed by atoms with Gasteiger partial charge in [0.1, 0.15) is 5.60 Å². The first-order chi connectivity index (χ1) is 12.0. The van der Waals surface area contributed by atoms with E-state index in [1.165, 1.54) is 10.6 Å². The number of halogens is 1. The number of nitrogens with zero attached hydrogens (tertiary/aromatic N) is 4. The largest absolute Gasteiger partial charge is 0.444 e. The van der Waals surface area contributed by atoms with Gasteiger partial charge in [-0.1, -0.05) is 0 Å². The van der Waals surface area contributed by atoms with E-state index in [1.807, 2.05) is 25.7 Å². The Hall–Kier alpha value is -0.820. The molecule has 2 rings (SSSR count). The Balaban J connectivity index is 0.00000364. The molecule has 0 radical (unpaired) electrons. The van der Waals surface area contributed by atoms with E-state index >= 15 is 0 Å². The summed E-state index contributed by atoms with van der Waals surface area (Å²) in [6.07, 6.45) is 2.56. The summed E-state index contributed by atoms with van der Waals surface area (Å²) in [6, 6.07) is -0.119. The minimum absolute atomic E-state index is 0. The van der Waals surface area contributed by atoms with Gasteiger partial charge in [0.2, 0.25) is 10.0 Å². The zero-order valence-electron chi connectivity index (χ0n) is 16.5. The fourth-order valence-electron chi connectivity index (χ4n) is 3.17. The number of piperazine rings is 1. The van der Waals surface area contributed by atoms with Crippen LogP contribution in [-0.4, -0.2) is 91.7 Å². The van der Waals surface area contributed by atoms with Crippen LogP contribution >= 0.6 is 24.0 Å². The van der Waals surface area contributed by atoms with Crippen molar-refractivity contribution in [1.29, 1.82) is 0 Å². The lowest BCUT2D eigenvalue weighted by molar-refractivity contribution is 0.0186. The third-order valence-electron chi connectivity index (χ3n) is 4.47. The summed E-state index contributed by atoms with van der Waals surface area (Å²) < 4.78 is 30.4. The summed E-state index contributed by atoms with van der Waals surface area (Å²) in [5.41, 5.74) is 5.57. The van der Waals surface area contributed by atoms with Crippen molar-refractivity contribution in [2.75, 3.05) is 45.5 Å². The van der Waals surface area contributed by atoms with Crippen molar-refractivity contribution in [2.45, 2.75) is 45.3 Å². The molecule has 2 N–H and O–H groups in total. The number of sulfonamides is 1. The van der Waals surface area contributed by atoms with Crippen LogP contribution in [0.15, 0.2) is 4.99 Å². The molecule has 158 valence electrons. The molecule has 0 spiro atoms. The average Bonchev–Trinajstić information content (AvgIpc) is 3.00. The standard InChI is InChI=1S/C16H31N5O4S.HI/c1-16(2,3)25-15(22)20-10-8-19(9-11-20)14(17)18-12-13-6-5-7-21(13)26(4,23)24;/h13H,5-12H2,1-4H3,(H2,17,18);1H/t13-;/m1./s1. The van der Waals surface area contributed by atoms with Gasteiger partial charge in [0.25, 0.3) is 0 Å². The van der Waals surface area contributed by atoms with E-state index < -0.39 is 15.6 Å². The molecule has 2 aliphatic heterocycles. The lowest BCUT2D eigenvalue weighted by atomic mass is 10.2. The summed E-state index contributed by atoms with van der Waals surface area (Å²) in [4.78, 5) is 20.1. The van der Waals surface area contributed by atoms with E-state index in [-0.39, 0.29) is 36.1 Å². The van der Waals surface area contributed by atoms with Gasteiger partial charge in [0, 0.05) is 38.8 Å². The van der Waals surface area contributed by atoms with Gasteiger partial charge in [0.15, 0.2) is 5.96 Å². The van der Waals surface area contributed by atoms with Crippen LogP contribution < -0.4 is 5.73 Å². The highest BCUT2D eigenvalue weighted by Gasteiger charge is 2.31. The summed E-state index contributed by atoms with van der Waals surface area (Å²) in [5, 5.41) is 0. The van der Waals surface area contributed by atoms with E-state index in [1.54, 1.807) is 4.90 Å². The quantitative estimate of drug-likeness (QED) is 0.339. The molecular weight excluding hydrogens is 485 g/mol. The molecule has 0 saturated carbocycles. The maximum Gasteiger partial charge on any atom is 0.410 e. The minimum Gasteiger partial charge on any atom is -0.444 e. The first-order valence-corrected chi connectivity index (χ1v) is 10.8. The van der Waals surface area contributed by atoms with Crippen LogP contribution in [0.2, 0.25) is 0 Å². The van der Waals surface area contributed by atoms with Gasteiger partial charge >= 0.3 is 6.09 Å². The molecule has 1 amide bonds. The summed E-state index contributed by atoms with van der Waals surface area (Å²) in [7, 11) is -3.20. The Morgan fingerprint density at radius 3 is 2.22 bits per heavy atom. The lowest BCUT2D eigenvalue weighted by Crippen LogP contribution is -2.53. The molecule has 9 nitrogen and oxygen atoms in total. The number of rotatable bonds is 3. The SMILES string of the molecule is CC(C)(C)OC(=O)N1CCN(C(N)=NC[C@H]2CCCN2S(C)(=O)=O)CC1.I. The number of carbonyl (C=O) groups is 1. The topological polar surface area (TPSA) is 109 Å². The van der Waals surface area contributed by atoms with Crippen LogP contribution in [0.3, 0.4) is 0 Å². The van der Waals surface area contributed by atoms with E-state index in [9.17, 15) is 13.2 Å². The van der Waals surface area contributed by atoms with Gasteiger partial charge in [-0.25, -0.2) is 13.2 Å². The second-order valence-corrected chi connectivity index (χ2v) is 9.76. The van der Waals surface area contributed by atoms with E-state index in [4.69, 9.17) is 10.5 Å². The number of amides is 1. The lowest BCUT2D eigenvalue weighted by Gasteiger charge is -2.36. The molecule has 11 heteroatoms. The van der Waals surface area contributed by atoms with Crippen molar-refractivity contribution in [2.24, 2.45) is 10.7 Å². The van der Waals surface area contributed by atoms with Crippen LogP contribution in [0.1, 0.15) is 33.6 Å². The van der Waals surface area contributed by atoms with Crippen LogP contribution in [0.25, 0.3) is 0 Å². The molecular formula is C16H32IN5O4S. The zero-order chi connectivity index (χ0) is 19.5. The smallest absolute Gasteiger partial charge is 0.410 e. The third-order valence-corrected chi connectivity index (χ3v) is 5.80. The first kappa shape index (κ1) is 24.2. The minimum atomic E-state index is -3.20. The molecule has 2 aliphatic rings. The Morgan fingerprint density at radius 1 is 1.15 bits per heavy atom. The zero-order valence-corrected chi connectivity index (χ0v) is 19.7. The Labute approximate surface area is 179 Å². The van der Waals surface area contributed by atoms with Crippen molar-refractivity contribution in [3.05, 3.63) is 0 Å². The molecule has 2 saturated heterocycles. The van der Waals surface area contributed by atoms with Crippen LogP contribution in [0.4, 0.5) is 4.79 Å². The molecule has 0 aromatic rings. The van der Waals surface area contributed by atoms with Gasteiger partial charge in [0.05, 0.1) is 12.8 Å². The average molecular weight is 517 g/mol. The molecule has 0 aromatic heterocycles. The number of nitrogens with two attached hydrogens (primary N) is 1. The highest BCUT2D eigenvalue weighted by Crippen LogP contribution is 2.20. The molecule has 0 bridgehead atoms. The second kappa shape index (κ2) is 9.59. The van der Waals surface area contributed by atoms with Crippen molar-refractivity contribution < 1.29 is 17.9 Å². The first-order valence-electron chi connectivity index (χ1n) is 8.97. The monoisotopic (exact) mass is 517 g/mol. The maximum atomic E-state index is 12.1. The van der Waals surface area contributed by atoms with Crippen molar-refractivity contribution in [3.63, 3.8) is 0 Å². The molecule has 0 unspecified atom stereocenters. The highest BCUT2D eigenvalue weighted by atomic mass is 127. The Bertz CT molecular complexity index is 642. The highest BCUT2D eigenvalue weighted by molar-refractivity contribution is 14.0. The van der Waals surface area contributed by atoms with Crippen molar-refractivity contribution in [3.8, 4) is 0 Å². The number of carbonyl (C=O) groups excluding carboxylic acids is 1. The fourth-order valence-corrected chi connectivity index (χ4v) is 4.35. The van der Waals surface area contributed by atoms with E-state index in [0.717, 1.165) is 12.8 Å². The van der Waals surface area contributed by atoms with Crippen molar-refractivity contribution >= 4 is 46.1 Å². The van der Waals surface area contributed by atoms with Crippen LogP contribution in [0, 0.1) is 0 Å². The fraction of sp³-hybridized carbons (Fsp3) is 0.875. The third kappa shape index (κ3) is 7.26. The van der Waals surface area contributed by atoms with Crippen molar-refractivity contribution in [1.82, 2.24) is 14.1 Å². The van der Waals surface area contributed by atoms with Gasteiger partial charge < -0.3 is 20.3 Å². The number of aliphatic imine (C=N–C) groups is 1. The van der Waals surface area contributed by atoms with E-state index in [0.29, 0.717) is 45.2 Å². The van der Waals surface area contributed by atoms with Gasteiger partial charge in [-0.2, -0.15) is 4.31 Å². The Kier molecular flexibility index (Phi) is 8.60. The molecule has 0 aliphatic carbocycles. The summed E-state index contributed by atoms with van der Waals surface area (Å²) in [6.45, 7) is 8.63. The summed E-state index contributed by atoms with van der Waals surface area (Å²) >= 11 is 0. The molecule has 27 heavy (non-hydrogen) atoms. The predicted octanol–water partition coefficient (Wildman–Crippen LogP) is 0.896. The molecule has 0 aromatic carbocycles.